The monoisotopic (exact) mass is 356 g/mol. The average Bonchev–Trinajstić information content (AvgIpc) is 3.11. The van der Waals surface area contributed by atoms with Crippen molar-refractivity contribution in [2.45, 2.75) is 70.3 Å². The average molecular weight is 356 g/mol. The largest absolute Gasteiger partial charge is 0.440 e. The maximum Gasteiger partial charge on any atom is 0.420 e. The summed E-state index contributed by atoms with van der Waals surface area (Å²) in [6.45, 7) is 5.45. The number of hydrogen-bond donors (Lipinski definition) is 2. The number of hydrogen-bond acceptors (Lipinski definition) is 4. The fraction of sp³-hybridized carbons (Fsp3) is 0.611. The molecule has 2 N–H and O–H groups in total. The first-order valence-corrected chi connectivity index (χ1v) is 8.62. The number of oxazole rings is 1. The zero-order valence-electron chi connectivity index (χ0n) is 14.5. The lowest BCUT2D eigenvalue weighted by atomic mass is 10.0. The van der Waals surface area contributed by atoms with Crippen LogP contribution in [0.4, 0.5) is 13.2 Å². The first kappa shape index (κ1) is 18.2. The Morgan fingerprint density at radius 3 is 2.52 bits per heavy atom. The molecule has 0 bridgehead atoms. The third-order valence-electron chi connectivity index (χ3n) is 4.77. The van der Waals surface area contributed by atoms with Crippen LogP contribution < -0.4 is 5.32 Å². The molecule has 3 atom stereocenters. The zero-order chi connectivity index (χ0) is 18.4. The predicted octanol–water partition coefficient (Wildman–Crippen LogP) is 4.53. The van der Waals surface area contributed by atoms with Crippen LogP contribution in [0, 0.1) is 0 Å². The Kier molecular flexibility index (Phi) is 4.81. The molecule has 0 radical (unpaired) electrons. The molecular formula is C18H23F3N2O2. The summed E-state index contributed by atoms with van der Waals surface area (Å²) >= 11 is 0. The van der Waals surface area contributed by atoms with E-state index in [1.54, 1.807) is 13.0 Å². The molecule has 1 aromatic carbocycles. The predicted molar refractivity (Wildman–Crippen MR) is 88.3 cm³/mol. The second kappa shape index (κ2) is 6.61. The molecule has 138 valence electrons. The Labute approximate surface area is 144 Å². The van der Waals surface area contributed by atoms with Crippen molar-refractivity contribution in [3.63, 3.8) is 0 Å². The summed E-state index contributed by atoms with van der Waals surface area (Å²) in [6, 6.07) is 2.33. The number of fused-ring (bicyclic) bond motifs is 1. The van der Waals surface area contributed by atoms with E-state index in [9.17, 15) is 18.3 Å². The van der Waals surface area contributed by atoms with Gasteiger partial charge in [0.05, 0.1) is 6.10 Å². The number of nitrogens with zero attached hydrogens (tertiary/aromatic N) is 1. The molecule has 0 amide bonds. The van der Waals surface area contributed by atoms with Gasteiger partial charge in [-0.3, -0.25) is 0 Å². The number of aliphatic hydroxyl groups excluding tert-OH is 1. The van der Waals surface area contributed by atoms with Crippen molar-refractivity contribution < 1.29 is 22.7 Å². The highest BCUT2D eigenvalue weighted by Gasteiger charge is 2.36. The quantitative estimate of drug-likeness (QED) is 0.845. The minimum atomic E-state index is -4.52. The molecule has 1 aliphatic rings. The van der Waals surface area contributed by atoms with Crippen molar-refractivity contribution in [1.82, 2.24) is 10.3 Å². The lowest BCUT2D eigenvalue weighted by molar-refractivity contribution is -0.136. The van der Waals surface area contributed by atoms with E-state index in [-0.39, 0.29) is 29.1 Å². The molecule has 1 saturated carbocycles. The maximum atomic E-state index is 13.5. The fourth-order valence-electron chi connectivity index (χ4n) is 3.33. The molecule has 1 aromatic heterocycles. The summed E-state index contributed by atoms with van der Waals surface area (Å²) in [5.41, 5.74) is -0.315. The minimum Gasteiger partial charge on any atom is -0.440 e. The Balaban J connectivity index is 2.00. The van der Waals surface area contributed by atoms with Gasteiger partial charge in [0, 0.05) is 18.0 Å². The minimum absolute atomic E-state index is 0.0939. The van der Waals surface area contributed by atoms with E-state index in [0.29, 0.717) is 11.5 Å². The molecule has 0 aliphatic heterocycles. The first-order valence-electron chi connectivity index (χ1n) is 8.62. The standard InChI is InChI=1S/C18H23F3N2O2/c1-9(2)17-23-14-8-11(7-12(16(14)25-17)18(19,20)21)10(3)22-13-5-4-6-15(13)24/h7-10,13,15,22,24H,4-6H2,1-3H3/t10-,13?,15?/m0/s1. The van der Waals surface area contributed by atoms with Crippen LogP contribution in [-0.2, 0) is 6.18 Å². The van der Waals surface area contributed by atoms with Crippen LogP contribution >= 0.6 is 0 Å². The van der Waals surface area contributed by atoms with E-state index < -0.39 is 17.8 Å². The van der Waals surface area contributed by atoms with Crippen LogP contribution in [-0.4, -0.2) is 22.2 Å². The van der Waals surface area contributed by atoms with Gasteiger partial charge in [-0.15, -0.1) is 0 Å². The van der Waals surface area contributed by atoms with Gasteiger partial charge in [0.15, 0.2) is 11.5 Å². The van der Waals surface area contributed by atoms with Gasteiger partial charge in [-0.1, -0.05) is 13.8 Å². The smallest absolute Gasteiger partial charge is 0.420 e. The second-order valence-corrected chi connectivity index (χ2v) is 7.11. The van der Waals surface area contributed by atoms with E-state index in [4.69, 9.17) is 4.42 Å². The van der Waals surface area contributed by atoms with Gasteiger partial charge in [-0.2, -0.15) is 13.2 Å². The summed E-state index contributed by atoms with van der Waals surface area (Å²) in [7, 11) is 0. The molecule has 0 saturated heterocycles. The number of alkyl halides is 3. The zero-order valence-corrected chi connectivity index (χ0v) is 14.5. The summed E-state index contributed by atoms with van der Waals surface area (Å²) in [6.07, 6.45) is -2.51. The van der Waals surface area contributed by atoms with Crippen molar-refractivity contribution >= 4 is 11.1 Å². The summed E-state index contributed by atoms with van der Waals surface area (Å²) in [5.74, 6) is 0.200. The Bertz CT molecular complexity index is 755. The Morgan fingerprint density at radius 2 is 1.96 bits per heavy atom. The van der Waals surface area contributed by atoms with E-state index in [2.05, 4.69) is 10.3 Å². The van der Waals surface area contributed by atoms with Gasteiger partial charge < -0.3 is 14.8 Å². The molecule has 1 heterocycles. The molecule has 2 aromatic rings. The molecule has 0 spiro atoms. The number of halogens is 3. The molecule has 3 rings (SSSR count). The molecule has 1 aliphatic carbocycles. The Hall–Kier alpha value is -1.60. The van der Waals surface area contributed by atoms with Gasteiger partial charge in [-0.25, -0.2) is 4.98 Å². The third kappa shape index (κ3) is 3.67. The van der Waals surface area contributed by atoms with E-state index in [0.717, 1.165) is 25.3 Å². The van der Waals surface area contributed by atoms with Crippen LogP contribution in [0.1, 0.15) is 69.0 Å². The van der Waals surface area contributed by atoms with Crippen LogP contribution in [0.15, 0.2) is 16.5 Å². The van der Waals surface area contributed by atoms with Crippen molar-refractivity contribution in [1.29, 1.82) is 0 Å². The number of aromatic nitrogens is 1. The summed E-state index contributed by atoms with van der Waals surface area (Å²) in [5, 5.41) is 13.2. The SMILES string of the molecule is CC(C)c1nc2cc([C@H](C)NC3CCCC3O)cc(C(F)(F)F)c2o1. The summed E-state index contributed by atoms with van der Waals surface area (Å²) < 4.78 is 45.9. The highest BCUT2D eigenvalue weighted by atomic mass is 19.4. The lowest BCUT2D eigenvalue weighted by Gasteiger charge is -2.23. The van der Waals surface area contributed by atoms with E-state index in [1.807, 2.05) is 13.8 Å². The molecule has 2 unspecified atom stereocenters. The van der Waals surface area contributed by atoms with Gasteiger partial charge in [0.1, 0.15) is 11.1 Å². The molecular weight excluding hydrogens is 333 g/mol. The second-order valence-electron chi connectivity index (χ2n) is 7.11. The number of aliphatic hydroxyl groups is 1. The van der Waals surface area contributed by atoms with E-state index >= 15 is 0 Å². The maximum absolute atomic E-state index is 13.5. The van der Waals surface area contributed by atoms with Crippen molar-refractivity contribution in [2.75, 3.05) is 0 Å². The van der Waals surface area contributed by atoms with Crippen LogP contribution in [0.5, 0.6) is 0 Å². The number of rotatable bonds is 4. The lowest BCUT2D eigenvalue weighted by Crippen LogP contribution is -2.37. The van der Waals surface area contributed by atoms with Crippen LogP contribution in [0.2, 0.25) is 0 Å². The molecule has 25 heavy (non-hydrogen) atoms. The van der Waals surface area contributed by atoms with Crippen molar-refractivity contribution in [3.8, 4) is 0 Å². The molecule has 1 fully saturated rings. The van der Waals surface area contributed by atoms with Crippen molar-refractivity contribution in [2.24, 2.45) is 0 Å². The highest BCUT2D eigenvalue weighted by Crippen LogP contribution is 2.38. The van der Waals surface area contributed by atoms with Crippen molar-refractivity contribution in [3.05, 3.63) is 29.2 Å². The summed E-state index contributed by atoms with van der Waals surface area (Å²) in [4.78, 5) is 4.23. The molecule has 7 heteroatoms. The van der Waals surface area contributed by atoms with Crippen LogP contribution in [0.25, 0.3) is 11.1 Å². The first-order chi connectivity index (χ1) is 11.7. The van der Waals surface area contributed by atoms with Crippen LogP contribution in [0.3, 0.4) is 0 Å². The normalized spacial score (nSPS) is 22.9. The van der Waals surface area contributed by atoms with Gasteiger partial charge in [-0.05, 0) is 43.9 Å². The third-order valence-corrected chi connectivity index (χ3v) is 4.77. The highest BCUT2D eigenvalue weighted by molar-refractivity contribution is 5.78. The molecule has 4 nitrogen and oxygen atoms in total. The number of nitrogens with one attached hydrogen (secondary N) is 1. The number of benzene rings is 1. The van der Waals surface area contributed by atoms with Gasteiger partial charge >= 0.3 is 6.18 Å². The van der Waals surface area contributed by atoms with Gasteiger partial charge in [0.25, 0.3) is 0 Å². The fourth-order valence-corrected chi connectivity index (χ4v) is 3.33. The topological polar surface area (TPSA) is 58.3 Å². The Morgan fingerprint density at radius 1 is 1.24 bits per heavy atom. The van der Waals surface area contributed by atoms with E-state index in [1.165, 1.54) is 0 Å². The van der Waals surface area contributed by atoms with Gasteiger partial charge in [0.2, 0.25) is 0 Å².